The number of ether oxygens (including phenoxy) is 1. The van der Waals surface area contributed by atoms with E-state index in [1.165, 1.54) is 23.5 Å². The van der Waals surface area contributed by atoms with Crippen LogP contribution in [0.25, 0.3) is 0 Å². The van der Waals surface area contributed by atoms with Crippen LogP contribution in [0.15, 0.2) is 23.1 Å². The van der Waals surface area contributed by atoms with Gasteiger partial charge in [0.05, 0.1) is 12.0 Å². The molecule has 8 heteroatoms. The van der Waals surface area contributed by atoms with Crippen molar-refractivity contribution in [3.8, 4) is 5.75 Å². The van der Waals surface area contributed by atoms with Crippen molar-refractivity contribution < 1.29 is 17.5 Å². The van der Waals surface area contributed by atoms with Crippen LogP contribution in [-0.4, -0.2) is 45.0 Å². The Morgan fingerprint density at radius 1 is 1.38 bits per heavy atom. The molecule has 1 N–H and O–H groups in total. The van der Waals surface area contributed by atoms with Crippen LogP contribution in [0.2, 0.25) is 0 Å². The van der Waals surface area contributed by atoms with Gasteiger partial charge in [-0.2, -0.15) is 4.31 Å². The highest BCUT2D eigenvalue weighted by atomic mass is 35.5. The number of piperazine rings is 1. The normalized spacial score (nSPS) is 23.4. The van der Waals surface area contributed by atoms with Crippen LogP contribution >= 0.6 is 12.4 Å². The Kier molecular flexibility index (Phi) is 5.98. The number of benzene rings is 1. The summed E-state index contributed by atoms with van der Waals surface area (Å²) in [6.45, 7) is 4.74. The number of sulfonamides is 1. The molecule has 0 radical (unpaired) electrons. The zero-order valence-corrected chi connectivity index (χ0v) is 13.8. The molecule has 2 unspecified atom stereocenters. The molecule has 1 aliphatic rings. The summed E-state index contributed by atoms with van der Waals surface area (Å²) in [5.41, 5.74) is 0. The summed E-state index contributed by atoms with van der Waals surface area (Å²) < 4.78 is 45.1. The zero-order chi connectivity index (χ0) is 14.9. The van der Waals surface area contributed by atoms with Crippen molar-refractivity contribution in [2.75, 3.05) is 20.2 Å². The van der Waals surface area contributed by atoms with Crippen LogP contribution in [0.1, 0.15) is 13.8 Å². The fourth-order valence-electron chi connectivity index (χ4n) is 2.31. The average molecular weight is 339 g/mol. The minimum atomic E-state index is -3.69. The van der Waals surface area contributed by atoms with Crippen molar-refractivity contribution in [2.45, 2.75) is 30.8 Å². The molecular formula is C13H20ClFN2O3S. The third-order valence-corrected chi connectivity index (χ3v) is 5.69. The summed E-state index contributed by atoms with van der Waals surface area (Å²) in [4.78, 5) is -0.0447. The first kappa shape index (κ1) is 18.2. The molecule has 1 fully saturated rings. The molecule has 0 bridgehead atoms. The fraction of sp³-hybridized carbons (Fsp3) is 0.538. The van der Waals surface area contributed by atoms with E-state index < -0.39 is 15.8 Å². The number of rotatable bonds is 3. The number of methoxy groups -OCH3 is 1. The summed E-state index contributed by atoms with van der Waals surface area (Å²) in [5, 5.41) is 3.21. The summed E-state index contributed by atoms with van der Waals surface area (Å²) >= 11 is 0. The first-order valence-electron chi connectivity index (χ1n) is 6.46. The maximum absolute atomic E-state index is 13.7. The maximum atomic E-state index is 13.7. The van der Waals surface area contributed by atoms with Gasteiger partial charge in [-0.25, -0.2) is 12.8 Å². The Bertz CT molecular complexity index is 597. The van der Waals surface area contributed by atoms with E-state index in [2.05, 4.69) is 5.32 Å². The van der Waals surface area contributed by atoms with E-state index in [1.807, 2.05) is 13.8 Å². The summed E-state index contributed by atoms with van der Waals surface area (Å²) in [6, 6.07) is 3.59. The van der Waals surface area contributed by atoms with Gasteiger partial charge in [0.1, 0.15) is 0 Å². The molecule has 2 rings (SSSR count). The van der Waals surface area contributed by atoms with Gasteiger partial charge < -0.3 is 10.1 Å². The lowest BCUT2D eigenvalue weighted by Crippen LogP contribution is -2.57. The highest BCUT2D eigenvalue weighted by molar-refractivity contribution is 7.89. The van der Waals surface area contributed by atoms with Gasteiger partial charge in [-0.3, -0.25) is 0 Å². The van der Waals surface area contributed by atoms with Crippen LogP contribution in [0.4, 0.5) is 4.39 Å². The first-order valence-corrected chi connectivity index (χ1v) is 7.90. The van der Waals surface area contributed by atoms with E-state index in [1.54, 1.807) is 0 Å². The van der Waals surface area contributed by atoms with Crippen LogP contribution in [0.5, 0.6) is 5.75 Å². The molecule has 1 heterocycles. The lowest BCUT2D eigenvalue weighted by Gasteiger charge is -2.37. The van der Waals surface area contributed by atoms with E-state index in [-0.39, 0.29) is 35.1 Å². The zero-order valence-electron chi connectivity index (χ0n) is 12.2. The number of halogens is 2. The van der Waals surface area contributed by atoms with Gasteiger partial charge in [-0.1, -0.05) is 0 Å². The molecule has 0 aliphatic carbocycles. The Morgan fingerprint density at radius 2 is 2.05 bits per heavy atom. The monoisotopic (exact) mass is 338 g/mol. The molecule has 5 nitrogen and oxygen atoms in total. The van der Waals surface area contributed by atoms with Gasteiger partial charge in [0.15, 0.2) is 11.6 Å². The van der Waals surface area contributed by atoms with Crippen molar-refractivity contribution in [1.82, 2.24) is 9.62 Å². The van der Waals surface area contributed by atoms with Crippen LogP contribution in [0, 0.1) is 5.82 Å². The second-order valence-electron chi connectivity index (χ2n) is 4.90. The molecule has 1 aromatic carbocycles. The quantitative estimate of drug-likeness (QED) is 0.910. The maximum Gasteiger partial charge on any atom is 0.243 e. The summed E-state index contributed by atoms with van der Waals surface area (Å²) in [6.07, 6.45) is 0. The van der Waals surface area contributed by atoms with Gasteiger partial charge in [0.2, 0.25) is 10.0 Å². The molecule has 0 amide bonds. The smallest absolute Gasteiger partial charge is 0.243 e. The minimum absolute atomic E-state index is 0. The predicted octanol–water partition coefficient (Wildman–Crippen LogP) is 1.63. The van der Waals surface area contributed by atoms with E-state index in [0.717, 1.165) is 6.07 Å². The number of nitrogens with one attached hydrogen (secondary N) is 1. The molecule has 0 saturated carbocycles. The largest absolute Gasteiger partial charge is 0.494 e. The third kappa shape index (κ3) is 3.48. The van der Waals surface area contributed by atoms with Crippen LogP contribution < -0.4 is 10.1 Å². The highest BCUT2D eigenvalue weighted by Gasteiger charge is 2.34. The van der Waals surface area contributed by atoms with Crippen molar-refractivity contribution >= 4 is 22.4 Å². The minimum Gasteiger partial charge on any atom is -0.494 e. The van der Waals surface area contributed by atoms with Crippen molar-refractivity contribution in [3.63, 3.8) is 0 Å². The molecule has 21 heavy (non-hydrogen) atoms. The van der Waals surface area contributed by atoms with E-state index >= 15 is 0 Å². The average Bonchev–Trinajstić information content (AvgIpc) is 2.41. The van der Waals surface area contributed by atoms with E-state index in [0.29, 0.717) is 13.1 Å². The Hall–Kier alpha value is -0.890. The molecule has 120 valence electrons. The van der Waals surface area contributed by atoms with Crippen LogP contribution in [-0.2, 0) is 10.0 Å². The van der Waals surface area contributed by atoms with Gasteiger partial charge in [0, 0.05) is 25.2 Å². The first-order chi connectivity index (χ1) is 9.37. The second kappa shape index (κ2) is 6.91. The Labute approximate surface area is 130 Å². The second-order valence-corrected chi connectivity index (χ2v) is 6.79. The topological polar surface area (TPSA) is 58.6 Å². The molecule has 1 saturated heterocycles. The van der Waals surface area contributed by atoms with Gasteiger partial charge in [0.25, 0.3) is 0 Å². The van der Waals surface area contributed by atoms with Gasteiger partial charge >= 0.3 is 0 Å². The number of hydrogen-bond acceptors (Lipinski definition) is 4. The SMILES string of the molecule is COc1ccc(S(=O)(=O)N2CCNC(C)C2C)cc1F.Cl. The van der Waals surface area contributed by atoms with Crippen molar-refractivity contribution in [2.24, 2.45) is 0 Å². The standard InChI is InChI=1S/C13H19FN2O3S.ClH/c1-9-10(2)16(7-6-15-9)20(17,18)11-4-5-13(19-3)12(14)8-11;/h4-5,8-10,15H,6-7H2,1-3H3;1H. The predicted molar refractivity (Wildman–Crippen MR) is 81.0 cm³/mol. The van der Waals surface area contributed by atoms with E-state index in [4.69, 9.17) is 4.74 Å². The van der Waals surface area contributed by atoms with Gasteiger partial charge in [-0.15, -0.1) is 12.4 Å². The highest BCUT2D eigenvalue weighted by Crippen LogP contribution is 2.25. The van der Waals surface area contributed by atoms with Crippen LogP contribution in [0.3, 0.4) is 0 Å². The molecule has 2 atom stereocenters. The van der Waals surface area contributed by atoms with E-state index in [9.17, 15) is 12.8 Å². The summed E-state index contributed by atoms with van der Waals surface area (Å²) in [5.74, 6) is -0.643. The van der Waals surface area contributed by atoms with Gasteiger partial charge in [-0.05, 0) is 32.0 Å². The van der Waals surface area contributed by atoms with Crippen molar-refractivity contribution in [1.29, 1.82) is 0 Å². The molecule has 0 spiro atoms. The van der Waals surface area contributed by atoms with Crippen molar-refractivity contribution in [3.05, 3.63) is 24.0 Å². The lowest BCUT2D eigenvalue weighted by molar-refractivity contribution is 0.232. The molecule has 0 aromatic heterocycles. The number of nitrogens with zero attached hydrogens (tertiary/aromatic N) is 1. The summed E-state index contributed by atoms with van der Waals surface area (Å²) in [7, 11) is -2.35. The molecule has 1 aromatic rings. The number of hydrogen-bond donors (Lipinski definition) is 1. The lowest BCUT2D eigenvalue weighted by atomic mass is 10.1. The fourth-order valence-corrected chi connectivity index (χ4v) is 4.02. The Balaban J connectivity index is 0.00000220. The third-order valence-electron chi connectivity index (χ3n) is 3.71. The molecular weight excluding hydrogens is 319 g/mol. The molecule has 1 aliphatic heterocycles. The Morgan fingerprint density at radius 3 is 2.62 bits per heavy atom.